The van der Waals surface area contributed by atoms with Gasteiger partial charge in [-0.3, -0.25) is 0 Å². The topological polar surface area (TPSA) is 30.5 Å². The second-order valence-electron chi connectivity index (χ2n) is 4.81. The number of rotatable bonds is 7. The van der Waals surface area contributed by atoms with Crippen LogP contribution in [-0.4, -0.2) is 14.2 Å². The third-order valence-corrected chi connectivity index (χ3v) is 4.94. The average molecular weight is 370 g/mol. The first-order valence-corrected chi connectivity index (χ1v) is 8.38. The zero-order chi connectivity index (χ0) is 15.2. The minimum Gasteiger partial charge on any atom is -0.496 e. The Morgan fingerprint density at radius 3 is 2.67 bits per heavy atom. The Bertz CT molecular complexity index is 585. The molecule has 0 saturated heterocycles. The molecule has 3 nitrogen and oxygen atoms in total. The number of methoxy groups -OCH3 is 2. The average Bonchev–Trinajstić information content (AvgIpc) is 2.90. The standard InChI is InChI=1S/C16H20BrNO2S/c1-11(18-9-14-5-7-16(17)21-14)12-4-6-15(20-3)13(8-12)10-19-2/h4-8,11,18H,9-10H2,1-3H3. The van der Waals surface area contributed by atoms with E-state index in [4.69, 9.17) is 9.47 Å². The second-order valence-corrected chi connectivity index (χ2v) is 7.36. The molecule has 1 atom stereocenters. The molecule has 21 heavy (non-hydrogen) atoms. The normalized spacial score (nSPS) is 12.4. The van der Waals surface area contributed by atoms with Crippen molar-refractivity contribution in [3.63, 3.8) is 0 Å². The van der Waals surface area contributed by atoms with E-state index >= 15 is 0 Å². The molecule has 2 rings (SSSR count). The molecule has 0 radical (unpaired) electrons. The number of hydrogen-bond donors (Lipinski definition) is 1. The lowest BCUT2D eigenvalue weighted by Gasteiger charge is -2.16. The van der Waals surface area contributed by atoms with Gasteiger partial charge in [0.2, 0.25) is 0 Å². The number of ether oxygens (including phenoxy) is 2. The van der Waals surface area contributed by atoms with Crippen LogP contribution in [0.3, 0.4) is 0 Å². The summed E-state index contributed by atoms with van der Waals surface area (Å²) in [6, 6.07) is 10.7. The maximum absolute atomic E-state index is 5.36. The van der Waals surface area contributed by atoms with Gasteiger partial charge in [-0.15, -0.1) is 11.3 Å². The lowest BCUT2D eigenvalue weighted by atomic mass is 10.0. The number of nitrogens with one attached hydrogen (secondary N) is 1. The van der Waals surface area contributed by atoms with Crippen LogP contribution >= 0.6 is 27.3 Å². The largest absolute Gasteiger partial charge is 0.496 e. The van der Waals surface area contributed by atoms with Crippen LogP contribution < -0.4 is 10.1 Å². The summed E-state index contributed by atoms with van der Waals surface area (Å²) in [6.07, 6.45) is 0. The fourth-order valence-electron chi connectivity index (χ4n) is 2.15. The Balaban J connectivity index is 2.04. The van der Waals surface area contributed by atoms with Crippen LogP contribution in [0.25, 0.3) is 0 Å². The molecule has 114 valence electrons. The number of hydrogen-bond acceptors (Lipinski definition) is 4. The SMILES string of the molecule is COCc1cc(C(C)NCc2ccc(Br)s2)ccc1OC. The number of benzene rings is 1. The number of thiophene rings is 1. The zero-order valence-corrected chi connectivity index (χ0v) is 14.9. The molecule has 0 saturated carbocycles. The second kappa shape index (κ2) is 7.94. The summed E-state index contributed by atoms with van der Waals surface area (Å²) in [5, 5.41) is 3.54. The summed E-state index contributed by atoms with van der Waals surface area (Å²) in [6.45, 7) is 3.59. The zero-order valence-electron chi connectivity index (χ0n) is 12.5. The first kappa shape index (κ1) is 16.5. The Kier molecular flexibility index (Phi) is 6.23. The van der Waals surface area contributed by atoms with Crippen LogP contribution in [0.4, 0.5) is 0 Å². The molecule has 0 aliphatic rings. The smallest absolute Gasteiger partial charge is 0.124 e. The van der Waals surface area contributed by atoms with Gasteiger partial charge in [0.05, 0.1) is 17.5 Å². The third-order valence-electron chi connectivity index (χ3n) is 3.32. The van der Waals surface area contributed by atoms with E-state index in [0.29, 0.717) is 6.61 Å². The van der Waals surface area contributed by atoms with E-state index in [1.54, 1.807) is 25.6 Å². The molecule has 0 aliphatic carbocycles. The van der Waals surface area contributed by atoms with Crippen molar-refractivity contribution in [3.05, 3.63) is 50.1 Å². The van der Waals surface area contributed by atoms with Crippen LogP contribution in [-0.2, 0) is 17.9 Å². The summed E-state index contributed by atoms with van der Waals surface area (Å²) < 4.78 is 11.8. The highest BCUT2D eigenvalue weighted by molar-refractivity contribution is 9.11. The maximum Gasteiger partial charge on any atom is 0.124 e. The lowest BCUT2D eigenvalue weighted by Crippen LogP contribution is -2.17. The molecule has 1 aromatic heterocycles. The van der Waals surface area contributed by atoms with Crippen molar-refractivity contribution in [3.8, 4) is 5.75 Å². The predicted octanol–water partition coefficient (Wildman–Crippen LogP) is 4.52. The fourth-order valence-corrected chi connectivity index (χ4v) is 3.59. The highest BCUT2D eigenvalue weighted by Gasteiger charge is 2.10. The Morgan fingerprint density at radius 2 is 2.05 bits per heavy atom. The minimum absolute atomic E-state index is 0.271. The molecule has 1 N–H and O–H groups in total. The van der Waals surface area contributed by atoms with Crippen molar-refractivity contribution >= 4 is 27.3 Å². The van der Waals surface area contributed by atoms with Crippen LogP contribution in [0.5, 0.6) is 5.75 Å². The molecule has 2 aromatic rings. The fraction of sp³-hybridized carbons (Fsp3) is 0.375. The summed E-state index contributed by atoms with van der Waals surface area (Å²) >= 11 is 5.25. The van der Waals surface area contributed by atoms with Crippen LogP contribution in [0.2, 0.25) is 0 Å². The van der Waals surface area contributed by atoms with E-state index < -0.39 is 0 Å². The summed E-state index contributed by atoms with van der Waals surface area (Å²) in [5.41, 5.74) is 2.31. The summed E-state index contributed by atoms with van der Waals surface area (Å²) in [7, 11) is 3.38. The molecule has 1 unspecified atom stereocenters. The van der Waals surface area contributed by atoms with Gasteiger partial charge in [-0.05, 0) is 52.7 Å². The van der Waals surface area contributed by atoms with Gasteiger partial charge in [-0.25, -0.2) is 0 Å². The van der Waals surface area contributed by atoms with Crippen molar-refractivity contribution < 1.29 is 9.47 Å². The van der Waals surface area contributed by atoms with E-state index in [2.05, 4.69) is 52.4 Å². The minimum atomic E-state index is 0.271. The molecule has 1 aromatic carbocycles. The quantitative estimate of drug-likeness (QED) is 0.778. The molecule has 0 bridgehead atoms. The van der Waals surface area contributed by atoms with E-state index in [0.717, 1.165) is 17.9 Å². The first-order valence-electron chi connectivity index (χ1n) is 6.77. The molecule has 0 amide bonds. The van der Waals surface area contributed by atoms with E-state index in [9.17, 15) is 0 Å². The van der Waals surface area contributed by atoms with E-state index in [1.807, 2.05) is 6.07 Å². The number of halogens is 1. The lowest BCUT2D eigenvalue weighted by molar-refractivity contribution is 0.181. The van der Waals surface area contributed by atoms with E-state index in [1.165, 1.54) is 14.2 Å². The molecule has 0 aliphatic heterocycles. The van der Waals surface area contributed by atoms with Gasteiger partial charge in [0, 0.05) is 30.1 Å². The third kappa shape index (κ3) is 4.54. The Labute approximate surface area is 138 Å². The molecule has 1 heterocycles. The van der Waals surface area contributed by atoms with Gasteiger partial charge >= 0.3 is 0 Å². The Morgan fingerprint density at radius 1 is 1.24 bits per heavy atom. The van der Waals surface area contributed by atoms with Crippen LogP contribution in [0, 0.1) is 0 Å². The summed E-state index contributed by atoms with van der Waals surface area (Å²) in [4.78, 5) is 1.32. The van der Waals surface area contributed by atoms with Crippen molar-refractivity contribution in [2.75, 3.05) is 14.2 Å². The van der Waals surface area contributed by atoms with E-state index in [-0.39, 0.29) is 6.04 Å². The van der Waals surface area contributed by atoms with Gasteiger partial charge in [-0.2, -0.15) is 0 Å². The predicted molar refractivity (Wildman–Crippen MR) is 91.0 cm³/mol. The molecule has 5 heteroatoms. The molecule has 0 spiro atoms. The molecule has 0 fully saturated rings. The highest BCUT2D eigenvalue weighted by Crippen LogP contribution is 2.25. The molecular weight excluding hydrogens is 350 g/mol. The van der Waals surface area contributed by atoms with Gasteiger partial charge < -0.3 is 14.8 Å². The van der Waals surface area contributed by atoms with Crippen LogP contribution in [0.1, 0.15) is 29.0 Å². The van der Waals surface area contributed by atoms with Gasteiger partial charge in [0.15, 0.2) is 0 Å². The summed E-state index contributed by atoms with van der Waals surface area (Å²) in [5.74, 6) is 0.870. The van der Waals surface area contributed by atoms with Crippen molar-refractivity contribution in [2.24, 2.45) is 0 Å². The van der Waals surface area contributed by atoms with Crippen molar-refractivity contribution in [2.45, 2.75) is 26.1 Å². The monoisotopic (exact) mass is 369 g/mol. The van der Waals surface area contributed by atoms with Gasteiger partial charge in [0.1, 0.15) is 5.75 Å². The highest BCUT2D eigenvalue weighted by atomic mass is 79.9. The van der Waals surface area contributed by atoms with Gasteiger partial charge in [0.25, 0.3) is 0 Å². The molecular formula is C16H20BrNO2S. The maximum atomic E-state index is 5.36. The van der Waals surface area contributed by atoms with Crippen molar-refractivity contribution in [1.29, 1.82) is 0 Å². The van der Waals surface area contributed by atoms with Gasteiger partial charge in [-0.1, -0.05) is 6.07 Å². The van der Waals surface area contributed by atoms with Crippen LogP contribution in [0.15, 0.2) is 34.1 Å². The van der Waals surface area contributed by atoms with Crippen molar-refractivity contribution in [1.82, 2.24) is 5.32 Å². The Hall–Kier alpha value is -0.880. The first-order chi connectivity index (χ1) is 10.1.